The van der Waals surface area contributed by atoms with E-state index in [0.717, 1.165) is 17.2 Å². The van der Waals surface area contributed by atoms with Crippen LogP contribution < -0.4 is 17.0 Å². The molecule has 0 spiro atoms. The van der Waals surface area contributed by atoms with E-state index in [0.29, 0.717) is 4.68 Å². The number of fused-ring (bicyclic) bond motifs is 2. The summed E-state index contributed by atoms with van der Waals surface area (Å²) in [6.45, 7) is -6.34. The zero-order chi connectivity index (χ0) is 33.1. The molecule has 20 nitrogen and oxygen atoms in total. The summed E-state index contributed by atoms with van der Waals surface area (Å²) in [4.78, 5) is 50.6. The van der Waals surface area contributed by atoms with Gasteiger partial charge in [0, 0.05) is 0 Å². The Morgan fingerprint density at radius 3 is 2.67 bits per heavy atom. The molecule has 0 aromatic carbocycles. The number of aliphatic hydroxyl groups is 1. The normalized spacial score (nSPS) is 29.8. The highest BCUT2D eigenvalue weighted by Gasteiger charge is 2.62. The van der Waals surface area contributed by atoms with Gasteiger partial charge in [-0.05, 0) is 23.6 Å². The molecule has 9 atom stereocenters. The van der Waals surface area contributed by atoms with Crippen LogP contribution in [0.3, 0.4) is 0 Å². The Morgan fingerprint density at radius 2 is 1.96 bits per heavy atom. The smallest absolute Gasteiger partial charge is 0.325 e. The molecule has 0 aliphatic carbocycles. The molecule has 6 heterocycles. The second-order valence-corrected chi connectivity index (χ2v) is 14.4. The van der Waals surface area contributed by atoms with Crippen LogP contribution in [0.15, 0.2) is 17.4 Å². The van der Waals surface area contributed by atoms with E-state index in [9.17, 15) is 19.7 Å². The van der Waals surface area contributed by atoms with Gasteiger partial charge in [0.1, 0.15) is 24.6 Å². The predicted octanol–water partition coefficient (Wildman–Crippen LogP) is -1.22. The molecule has 8 N–H and O–H groups in total. The van der Waals surface area contributed by atoms with Gasteiger partial charge in [0.15, 0.2) is 53.8 Å². The molecule has 4 aromatic heterocycles. The third kappa shape index (κ3) is 5.90. The van der Waals surface area contributed by atoms with E-state index < -0.39 is 81.6 Å². The van der Waals surface area contributed by atoms with Crippen LogP contribution >= 0.6 is 13.9 Å². The molecule has 250 valence electrons. The van der Waals surface area contributed by atoms with Gasteiger partial charge in [0.05, 0.1) is 19.5 Å². The Morgan fingerprint density at radius 1 is 1.20 bits per heavy atom. The number of alkyl halides is 3. The first-order valence-electron chi connectivity index (χ1n) is 12.7. The van der Waals surface area contributed by atoms with Gasteiger partial charge in [-0.3, -0.25) is 18.9 Å². The fraction of sp³-hybridized carbons (Fsp3) is 0.526. The van der Waals surface area contributed by atoms with Crippen molar-refractivity contribution in [2.75, 3.05) is 24.7 Å². The molecule has 2 saturated heterocycles. The summed E-state index contributed by atoms with van der Waals surface area (Å²) in [6, 6.07) is 0. The molecule has 2 aliphatic rings. The average molecular weight is 732 g/mol. The van der Waals surface area contributed by atoms with Crippen molar-refractivity contribution in [2.45, 2.75) is 49.0 Å². The highest BCUT2D eigenvalue weighted by atomic mass is 32.5. The van der Waals surface area contributed by atoms with Crippen LogP contribution in [0.1, 0.15) is 12.5 Å². The number of anilines is 2. The number of aliphatic hydroxyl groups excluding tert-OH is 1. The lowest BCUT2D eigenvalue weighted by atomic mass is 10.1. The van der Waals surface area contributed by atoms with Crippen LogP contribution in [0, 0.1) is 0 Å². The fourth-order valence-electron chi connectivity index (χ4n) is 4.93. The molecule has 0 amide bonds. The van der Waals surface area contributed by atoms with Gasteiger partial charge in [0.2, 0.25) is 12.2 Å². The standard InChI is InChI=1S/C19H22F3N11O9P2S2/c20-7-5(1-34)39-16(32-4-27-9-14(32)28-18(24)29-15(9)35)10(7)42-44(37,46)38-2-6-11(41-43(36)45)19(21,22)17(40-6)33-13-8(30-31-33)12(23)25-3-26-13/h3-7,10-11,16-17,34,43H,1-2H2,(H,36,45)(H,37,46)(H2,23,25,26)(H3,24,28,29,35)/t5-,6-,7-,10-,11-,16-,17-,44?/m1/s1. The van der Waals surface area contributed by atoms with E-state index >= 15 is 13.2 Å². The van der Waals surface area contributed by atoms with Crippen LogP contribution in [-0.4, -0.2) is 109 Å². The number of aromatic amines is 1. The molecule has 46 heavy (non-hydrogen) atoms. The van der Waals surface area contributed by atoms with Crippen LogP contribution in [0.25, 0.3) is 22.3 Å². The molecule has 6 rings (SSSR count). The third-order valence-electron chi connectivity index (χ3n) is 6.92. The van der Waals surface area contributed by atoms with Crippen LogP contribution in [0.5, 0.6) is 0 Å². The number of H-pyrrole nitrogens is 1. The zero-order valence-electron chi connectivity index (χ0n) is 22.5. The topological polar surface area (TPSA) is 279 Å². The minimum Gasteiger partial charge on any atom is -0.394 e. The minimum absolute atomic E-state index is 0.100. The maximum Gasteiger partial charge on any atom is 0.325 e. The number of hydrogen-bond donors (Lipinski definition) is 6. The number of ether oxygens (including phenoxy) is 2. The highest BCUT2D eigenvalue weighted by molar-refractivity contribution is 8.07. The number of nitrogens with zero attached hydrogens (tertiary/aromatic N) is 8. The average Bonchev–Trinajstić information content (AvgIpc) is 3.72. The Hall–Kier alpha value is -2.80. The van der Waals surface area contributed by atoms with Crippen molar-refractivity contribution < 1.29 is 51.1 Å². The van der Waals surface area contributed by atoms with Crippen LogP contribution in [0.2, 0.25) is 0 Å². The first kappa shape index (κ1) is 33.1. The summed E-state index contributed by atoms with van der Waals surface area (Å²) >= 11 is 9.67. The van der Waals surface area contributed by atoms with Gasteiger partial charge in [0.25, 0.3) is 5.56 Å². The van der Waals surface area contributed by atoms with E-state index in [-0.39, 0.29) is 34.1 Å². The quantitative estimate of drug-likeness (QED) is 0.104. The highest BCUT2D eigenvalue weighted by Crippen LogP contribution is 2.53. The lowest BCUT2D eigenvalue weighted by molar-refractivity contribution is -0.137. The second-order valence-electron chi connectivity index (χ2n) is 9.77. The maximum absolute atomic E-state index is 15.7. The lowest BCUT2D eigenvalue weighted by Crippen LogP contribution is -2.41. The summed E-state index contributed by atoms with van der Waals surface area (Å²) in [5, 5.41) is 17.0. The maximum atomic E-state index is 15.7. The van der Waals surface area contributed by atoms with Gasteiger partial charge in [-0.15, -0.1) is 5.10 Å². The van der Waals surface area contributed by atoms with Gasteiger partial charge < -0.3 is 44.9 Å². The molecule has 2 unspecified atom stereocenters. The van der Waals surface area contributed by atoms with E-state index in [1.165, 1.54) is 0 Å². The van der Waals surface area contributed by atoms with Crippen molar-refractivity contribution in [1.29, 1.82) is 0 Å². The van der Waals surface area contributed by atoms with Crippen molar-refractivity contribution >= 4 is 71.6 Å². The summed E-state index contributed by atoms with van der Waals surface area (Å²) in [6.07, 6.45) is -11.2. The zero-order valence-corrected chi connectivity index (χ0v) is 26.1. The SMILES string of the molecule is Nc1nc2c(ncn2[C@@H]2O[C@H](CO)[C@@H](F)[C@H]2OP(O)(=S)OC[C@H]2O[C@@H](n3nnc4c(N)ncnc43)C(F)(F)[C@@H]2O[PH](O)=S)c(=O)[nH]1. The van der Waals surface area contributed by atoms with Crippen molar-refractivity contribution in [2.24, 2.45) is 0 Å². The molecule has 0 saturated carbocycles. The van der Waals surface area contributed by atoms with Gasteiger partial charge in [-0.1, -0.05) is 5.21 Å². The summed E-state index contributed by atoms with van der Waals surface area (Å²) < 4.78 is 75.2. The summed E-state index contributed by atoms with van der Waals surface area (Å²) in [5.41, 5.74) is 9.96. The first-order valence-corrected chi connectivity index (χ1v) is 17.8. The monoisotopic (exact) mass is 731 g/mol. The molecule has 0 bridgehead atoms. The van der Waals surface area contributed by atoms with Crippen LogP contribution in [-0.2, 0) is 46.7 Å². The second kappa shape index (κ2) is 12.3. The summed E-state index contributed by atoms with van der Waals surface area (Å²) in [5.74, 6) is -4.40. The number of rotatable bonds is 10. The van der Waals surface area contributed by atoms with Crippen molar-refractivity contribution in [3.05, 3.63) is 23.0 Å². The third-order valence-corrected chi connectivity index (χ3v) is 9.22. The number of nitrogen functional groups attached to an aromatic ring is 2. The van der Waals surface area contributed by atoms with Crippen LogP contribution in [0.4, 0.5) is 24.9 Å². The van der Waals surface area contributed by atoms with Crippen molar-refractivity contribution in [3.63, 3.8) is 0 Å². The van der Waals surface area contributed by atoms with Gasteiger partial charge in [-0.2, -0.15) is 18.4 Å². The number of imidazole rings is 1. The summed E-state index contributed by atoms with van der Waals surface area (Å²) in [7, 11) is -3.18. The molecular formula is C19H22F3N11O9P2S2. The van der Waals surface area contributed by atoms with Gasteiger partial charge in [-0.25, -0.2) is 19.3 Å². The van der Waals surface area contributed by atoms with E-state index in [1.807, 2.05) is 0 Å². The molecule has 0 radical (unpaired) electrons. The molecule has 2 aliphatic heterocycles. The number of hydrogen-bond acceptors (Lipinski definition) is 17. The first-order chi connectivity index (χ1) is 21.7. The Kier molecular flexibility index (Phi) is 8.88. The molecule has 4 aromatic rings. The van der Waals surface area contributed by atoms with Crippen molar-refractivity contribution in [3.8, 4) is 0 Å². The van der Waals surface area contributed by atoms with E-state index in [4.69, 9.17) is 46.3 Å². The molecule has 2 fully saturated rings. The number of aromatic nitrogens is 9. The van der Waals surface area contributed by atoms with Gasteiger partial charge >= 0.3 is 12.6 Å². The Balaban J connectivity index is 1.24. The molecular weight excluding hydrogens is 709 g/mol. The molecule has 27 heteroatoms. The fourth-order valence-corrected chi connectivity index (χ4v) is 7.17. The largest absolute Gasteiger partial charge is 0.394 e. The Bertz CT molecular complexity index is 1920. The Labute approximate surface area is 263 Å². The minimum atomic E-state index is -4.56. The lowest BCUT2D eigenvalue weighted by Gasteiger charge is -2.27. The predicted molar refractivity (Wildman–Crippen MR) is 155 cm³/mol. The van der Waals surface area contributed by atoms with Crippen molar-refractivity contribution in [1.82, 2.24) is 44.5 Å². The number of nitrogens with two attached hydrogens (primary N) is 2. The number of halogens is 3. The van der Waals surface area contributed by atoms with E-state index in [2.05, 4.69) is 47.0 Å². The van der Waals surface area contributed by atoms with E-state index in [1.54, 1.807) is 0 Å². The number of nitrogens with one attached hydrogen (secondary N) is 1.